The molecule has 2 amide bonds. The van der Waals surface area contributed by atoms with Crippen molar-refractivity contribution in [1.82, 2.24) is 5.43 Å². The van der Waals surface area contributed by atoms with Gasteiger partial charge in [0.2, 0.25) is 6.41 Å². The van der Waals surface area contributed by atoms with Gasteiger partial charge in [0.15, 0.2) is 0 Å². The predicted molar refractivity (Wildman–Crippen MR) is 80.4 cm³/mol. The Morgan fingerprint density at radius 3 is 2.81 bits per heavy atom. The van der Waals surface area contributed by atoms with Crippen LogP contribution in [0.3, 0.4) is 0 Å². The van der Waals surface area contributed by atoms with Gasteiger partial charge in [-0.2, -0.15) is 5.10 Å². The lowest BCUT2D eigenvalue weighted by Crippen LogP contribution is -2.37. The van der Waals surface area contributed by atoms with Crippen LogP contribution in [0.15, 0.2) is 29.4 Å². The highest BCUT2D eigenvalue weighted by Crippen LogP contribution is 2.20. The van der Waals surface area contributed by atoms with Crippen LogP contribution in [0.2, 0.25) is 0 Å². The van der Waals surface area contributed by atoms with E-state index in [1.807, 2.05) is 24.3 Å². The van der Waals surface area contributed by atoms with E-state index in [0.717, 1.165) is 36.2 Å². The largest absolute Gasteiger partial charge is 0.449 e. The molecule has 0 aromatic heterocycles. The first kappa shape index (κ1) is 15.0. The fourth-order valence-electron chi connectivity index (χ4n) is 2.23. The van der Waals surface area contributed by atoms with Crippen molar-refractivity contribution < 1.29 is 14.3 Å². The first-order valence-corrected chi connectivity index (χ1v) is 7.06. The van der Waals surface area contributed by atoms with Crippen molar-refractivity contribution in [2.45, 2.75) is 26.2 Å². The van der Waals surface area contributed by atoms with Crippen LogP contribution in [0.1, 0.15) is 31.7 Å². The molecule has 1 aromatic carbocycles. The first-order valence-electron chi connectivity index (χ1n) is 7.06. The standard InChI is InChI=1S/C15H19N3O3/c1-2-4-14(17-16-11-19)12-5-7-13(8-6-12)18-9-3-10-21-15(18)20/h5-8,11H,2-4,9-10H2,1H3,(H,16,19)/b17-14+. The van der Waals surface area contributed by atoms with Crippen LogP contribution in [0.4, 0.5) is 10.5 Å². The number of amides is 2. The number of hydrogen-bond acceptors (Lipinski definition) is 4. The number of ether oxygens (including phenoxy) is 1. The summed E-state index contributed by atoms with van der Waals surface area (Å²) in [5.41, 5.74) is 4.90. The monoisotopic (exact) mass is 289 g/mol. The highest BCUT2D eigenvalue weighted by atomic mass is 16.6. The van der Waals surface area contributed by atoms with Crippen LogP contribution in [0.5, 0.6) is 0 Å². The Balaban J connectivity index is 2.16. The molecule has 0 saturated carbocycles. The molecule has 0 radical (unpaired) electrons. The SMILES string of the molecule is CCC/C(=N\NC=O)c1ccc(N2CCCOC2=O)cc1. The highest BCUT2D eigenvalue weighted by molar-refractivity contribution is 6.01. The number of benzene rings is 1. The molecule has 6 nitrogen and oxygen atoms in total. The van der Waals surface area contributed by atoms with E-state index in [1.54, 1.807) is 4.90 Å². The lowest BCUT2D eigenvalue weighted by Gasteiger charge is -2.26. The van der Waals surface area contributed by atoms with Gasteiger partial charge in [0, 0.05) is 12.2 Å². The Bertz CT molecular complexity index is 525. The molecule has 0 atom stereocenters. The Morgan fingerprint density at radius 2 is 2.19 bits per heavy atom. The summed E-state index contributed by atoms with van der Waals surface area (Å²) in [4.78, 5) is 23.7. The van der Waals surface area contributed by atoms with Crippen LogP contribution in [0.25, 0.3) is 0 Å². The fraction of sp³-hybridized carbons (Fsp3) is 0.400. The third kappa shape index (κ3) is 3.81. The van der Waals surface area contributed by atoms with Gasteiger partial charge in [-0.25, -0.2) is 10.2 Å². The lowest BCUT2D eigenvalue weighted by molar-refractivity contribution is -0.109. The third-order valence-corrected chi connectivity index (χ3v) is 3.22. The summed E-state index contributed by atoms with van der Waals surface area (Å²) < 4.78 is 5.03. The molecule has 1 aliphatic heterocycles. The number of hydrogen-bond donors (Lipinski definition) is 1. The maximum atomic E-state index is 11.7. The average Bonchev–Trinajstić information content (AvgIpc) is 2.52. The number of nitrogens with one attached hydrogen (secondary N) is 1. The molecule has 112 valence electrons. The van der Waals surface area contributed by atoms with Gasteiger partial charge in [0.1, 0.15) is 0 Å². The zero-order valence-electron chi connectivity index (χ0n) is 12.0. The number of hydrazone groups is 1. The van der Waals surface area contributed by atoms with Gasteiger partial charge in [-0.05, 0) is 30.5 Å². The van der Waals surface area contributed by atoms with Gasteiger partial charge >= 0.3 is 6.09 Å². The Labute approximate surface area is 123 Å². The topological polar surface area (TPSA) is 71.0 Å². The summed E-state index contributed by atoms with van der Waals surface area (Å²) in [5.74, 6) is 0. The molecule has 1 aromatic rings. The molecule has 2 rings (SSSR count). The van der Waals surface area contributed by atoms with Gasteiger partial charge in [0.05, 0.1) is 12.3 Å². The Hall–Kier alpha value is -2.37. The van der Waals surface area contributed by atoms with Crippen LogP contribution in [-0.2, 0) is 9.53 Å². The maximum absolute atomic E-state index is 11.7. The molecule has 1 aliphatic rings. The molecule has 0 bridgehead atoms. The normalized spacial score (nSPS) is 15.6. The molecule has 0 spiro atoms. The Kier molecular flexibility index (Phi) is 5.31. The highest BCUT2D eigenvalue weighted by Gasteiger charge is 2.21. The minimum atomic E-state index is -0.306. The zero-order chi connectivity index (χ0) is 15.1. The van der Waals surface area contributed by atoms with E-state index in [-0.39, 0.29) is 6.09 Å². The van der Waals surface area contributed by atoms with E-state index in [4.69, 9.17) is 4.74 Å². The Morgan fingerprint density at radius 1 is 1.43 bits per heavy atom. The summed E-state index contributed by atoms with van der Waals surface area (Å²) in [5, 5.41) is 4.05. The number of rotatable bonds is 6. The number of cyclic esters (lactones) is 1. The smallest absolute Gasteiger partial charge is 0.414 e. The van der Waals surface area contributed by atoms with Gasteiger partial charge < -0.3 is 4.74 Å². The molecule has 6 heteroatoms. The van der Waals surface area contributed by atoms with E-state index in [2.05, 4.69) is 17.5 Å². The van der Waals surface area contributed by atoms with Gasteiger partial charge in [-0.3, -0.25) is 9.69 Å². The molecule has 1 N–H and O–H groups in total. The predicted octanol–water partition coefficient (Wildman–Crippen LogP) is 2.28. The molecule has 1 fully saturated rings. The quantitative estimate of drug-likeness (QED) is 0.496. The fourth-order valence-corrected chi connectivity index (χ4v) is 2.23. The average molecular weight is 289 g/mol. The van der Waals surface area contributed by atoms with Crippen molar-refractivity contribution in [3.63, 3.8) is 0 Å². The second-order valence-electron chi connectivity index (χ2n) is 4.72. The van der Waals surface area contributed by atoms with E-state index >= 15 is 0 Å². The molecule has 0 unspecified atom stereocenters. The van der Waals surface area contributed by atoms with Crippen molar-refractivity contribution in [3.05, 3.63) is 29.8 Å². The van der Waals surface area contributed by atoms with E-state index in [0.29, 0.717) is 19.6 Å². The molecular weight excluding hydrogens is 270 g/mol. The lowest BCUT2D eigenvalue weighted by atomic mass is 10.1. The minimum absolute atomic E-state index is 0.306. The summed E-state index contributed by atoms with van der Waals surface area (Å²) in [7, 11) is 0. The molecular formula is C15H19N3O3. The van der Waals surface area contributed by atoms with Crippen LogP contribution in [-0.4, -0.2) is 31.4 Å². The number of carbonyl (C=O) groups is 2. The van der Waals surface area contributed by atoms with Crippen molar-refractivity contribution >= 4 is 23.9 Å². The first-order chi connectivity index (χ1) is 10.3. The number of anilines is 1. The van der Waals surface area contributed by atoms with Crippen LogP contribution >= 0.6 is 0 Å². The van der Waals surface area contributed by atoms with E-state index < -0.39 is 0 Å². The van der Waals surface area contributed by atoms with E-state index in [1.165, 1.54) is 0 Å². The summed E-state index contributed by atoms with van der Waals surface area (Å²) >= 11 is 0. The third-order valence-electron chi connectivity index (χ3n) is 3.22. The van der Waals surface area contributed by atoms with Crippen LogP contribution < -0.4 is 10.3 Å². The minimum Gasteiger partial charge on any atom is -0.449 e. The number of nitrogens with zero attached hydrogens (tertiary/aromatic N) is 2. The summed E-state index contributed by atoms with van der Waals surface area (Å²) in [6, 6.07) is 7.54. The van der Waals surface area contributed by atoms with Gasteiger partial charge in [-0.15, -0.1) is 0 Å². The number of carbonyl (C=O) groups excluding carboxylic acids is 2. The second-order valence-corrected chi connectivity index (χ2v) is 4.72. The van der Waals surface area contributed by atoms with Gasteiger partial charge in [0.25, 0.3) is 0 Å². The summed E-state index contributed by atoms with van der Waals surface area (Å²) in [6.45, 7) is 3.20. The second kappa shape index (κ2) is 7.42. The molecule has 1 heterocycles. The van der Waals surface area contributed by atoms with Crippen molar-refractivity contribution in [2.75, 3.05) is 18.1 Å². The maximum Gasteiger partial charge on any atom is 0.414 e. The van der Waals surface area contributed by atoms with Crippen molar-refractivity contribution in [2.24, 2.45) is 5.10 Å². The van der Waals surface area contributed by atoms with Crippen molar-refractivity contribution in [1.29, 1.82) is 0 Å². The zero-order valence-corrected chi connectivity index (χ0v) is 12.0. The molecule has 21 heavy (non-hydrogen) atoms. The van der Waals surface area contributed by atoms with E-state index in [9.17, 15) is 9.59 Å². The van der Waals surface area contributed by atoms with Crippen LogP contribution in [0, 0.1) is 0 Å². The van der Waals surface area contributed by atoms with Gasteiger partial charge in [-0.1, -0.05) is 25.5 Å². The molecule has 1 saturated heterocycles. The summed E-state index contributed by atoms with van der Waals surface area (Å²) in [6.07, 6.45) is 2.78. The van der Waals surface area contributed by atoms with Crippen molar-refractivity contribution in [3.8, 4) is 0 Å². The molecule has 0 aliphatic carbocycles.